The minimum atomic E-state index is -0.332. The van der Waals surface area contributed by atoms with Crippen molar-refractivity contribution in [2.45, 2.75) is 26.2 Å². The molecule has 0 fully saturated rings. The maximum absolute atomic E-state index is 14.6. The summed E-state index contributed by atoms with van der Waals surface area (Å²) in [4.78, 5) is 0. The second kappa shape index (κ2) is 8.20. The second-order valence-corrected chi connectivity index (χ2v) is 10.3. The van der Waals surface area contributed by atoms with Gasteiger partial charge in [0.15, 0.2) is 0 Å². The number of hydrogen-bond donors (Lipinski definition) is 2. The number of para-hydroxylation sites is 2. The zero-order valence-electron chi connectivity index (χ0n) is 20.4. The van der Waals surface area contributed by atoms with Gasteiger partial charge in [0.05, 0.1) is 11.4 Å². The van der Waals surface area contributed by atoms with Crippen LogP contribution in [0.1, 0.15) is 26.3 Å². The molecular weight excluding hydrogens is 450 g/mol. The lowest BCUT2D eigenvalue weighted by Crippen LogP contribution is -2.10. The van der Waals surface area contributed by atoms with Crippen molar-refractivity contribution in [3.63, 3.8) is 0 Å². The number of rotatable bonds is 4. The van der Waals surface area contributed by atoms with Gasteiger partial charge >= 0.3 is 0 Å². The smallest absolute Gasteiger partial charge is 0.146 e. The first-order chi connectivity index (χ1) is 17.3. The first kappa shape index (κ1) is 22.3. The van der Waals surface area contributed by atoms with E-state index in [0.29, 0.717) is 11.4 Å². The summed E-state index contributed by atoms with van der Waals surface area (Å²) in [6.07, 6.45) is 0. The molecule has 178 valence electrons. The van der Waals surface area contributed by atoms with Crippen LogP contribution in [0.15, 0.2) is 91.0 Å². The number of halogens is 2. The van der Waals surface area contributed by atoms with E-state index < -0.39 is 0 Å². The van der Waals surface area contributed by atoms with Crippen molar-refractivity contribution >= 4 is 55.1 Å². The van der Waals surface area contributed by atoms with Crippen LogP contribution in [0.3, 0.4) is 0 Å². The molecule has 2 N–H and O–H groups in total. The lowest BCUT2D eigenvalue weighted by Gasteiger charge is -2.23. The van der Waals surface area contributed by atoms with Crippen molar-refractivity contribution in [3.8, 4) is 0 Å². The van der Waals surface area contributed by atoms with Gasteiger partial charge in [-0.1, -0.05) is 81.4 Å². The molecule has 0 saturated carbocycles. The van der Waals surface area contributed by atoms with Crippen LogP contribution in [0.2, 0.25) is 0 Å². The Morgan fingerprint density at radius 1 is 0.528 bits per heavy atom. The lowest BCUT2D eigenvalue weighted by molar-refractivity contribution is 0.591. The van der Waals surface area contributed by atoms with E-state index in [1.807, 2.05) is 6.07 Å². The van der Waals surface area contributed by atoms with Gasteiger partial charge in [-0.3, -0.25) is 0 Å². The Bertz CT molecular complexity index is 1630. The number of benzene rings is 6. The first-order valence-corrected chi connectivity index (χ1v) is 12.1. The molecule has 0 aliphatic rings. The van der Waals surface area contributed by atoms with Crippen LogP contribution in [0, 0.1) is 11.6 Å². The van der Waals surface area contributed by atoms with Crippen molar-refractivity contribution in [1.29, 1.82) is 0 Å². The number of anilines is 4. The Labute approximate surface area is 208 Å². The molecule has 0 spiro atoms. The van der Waals surface area contributed by atoms with E-state index in [-0.39, 0.29) is 17.0 Å². The van der Waals surface area contributed by atoms with Gasteiger partial charge in [-0.05, 0) is 57.5 Å². The summed E-state index contributed by atoms with van der Waals surface area (Å²) in [6.45, 7) is 6.65. The van der Waals surface area contributed by atoms with Gasteiger partial charge in [0, 0.05) is 27.5 Å². The molecule has 0 amide bonds. The van der Waals surface area contributed by atoms with Crippen molar-refractivity contribution in [2.24, 2.45) is 0 Å². The maximum atomic E-state index is 14.6. The fourth-order valence-electron chi connectivity index (χ4n) is 4.97. The van der Waals surface area contributed by atoms with Crippen LogP contribution in [-0.4, -0.2) is 0 Å². The predicted octanol–water partition coefficient (Wildman–Crippen LogP) is 9.65. The van der Waals surface area contributed by atoms with Gasteiger partial charge in [0.1, 0.15) is 11.6 Å². The third kappa shape index (κ3) is 3.70. The summed E-state index contributed by atoms with van der Waals surface area (Å²) in [7, 11) is 0. The topological polar surface area (TPSA) is 24.1 Å². The standard InChI is InChI=1S/C32H26F2N2/c1-32(2,3)21-16-19-12-14-22-28(35-26-10-6-4-8-24(26)33)18-29(36-27-11-7-5-9-25(27)34)23-15-13-20(17-21)30(19)31(22)23/h4-18,35-36H,1-3H3. The van der Waals surface area contributed by atoms with Crippen molar-refractivity contribution in [1.82, 2.24) is 0 Å². The minimum Gasteiger partial charge on any atom is -0.353 e. The van der Waals surface area contributed by atoms with Crippen LogP contribution < -0.4 is 10.6 Å². The van der Waals surface area contributed by atoms with E-state index in [1.54, 1.807) is 36.4 Å². The molecule has 2 nitrogen and oxygen atoms in total. The molecule has 6 rings (SSSR count). The molecular formula is C32H26F2N2. The maximum Gasteiger partial charge on any atom is 0.146 e. The lowest BCUT2D eigenvalue weighted by atomic mass is 9.83. The zero-order valence-corrected chi connectivity index (χ0v) is 20.4. The highest BCUT2D eigenvalue weighted by atomic mass is 19.1. The zero-order chi connectivity index (χ0) is 25.0. The SMILES string of the molecule is CC(C)(C)c1cc2ccc3c(Nc4ccccc4F)cc(Nc4ccccc4F)c4ccc(c1)c2c34. The average Bonchev–Trinajstić information content (AvgIpc) is 2.85. The molecule has 0 atom stereocenters. The van der Waals surface area contributed by atoms with E-state index in [9.17, 15) is 8.78 Å². The van der Waals surface area contributed by atoms with Crippen LogP contribution >= 0.6 is 0 Å². The van der Waals surface area contributed by atoms with Gasteiger partial charge < -0.3 is 10.6 Å². The normalized spacial score (nSPS) is 12.0. The van der Waals surface area contributed by atoms with Gasteiger partial charge in [0.25, 0.3) is 0 Å². The Hall–Kier alpha value is -4.18. The van der Waals surface area contributed by atoms with E-state index in [0.717, 1.165) is 43.7 Å². The van der Waals surface area contributed by atoms with Gasteiger partial charge in [-0.15, -0.1) is 0 Å². The van der Waals surface area contributed by atoms with Gasteiger partial charge in [-0.2, -0.15) is 0 Å². The minimum absolute atomic E-state index is 0.0134. The largest absolute Gasteiger partial charge is 0.353 e. The Morgan fingerprint density at radius 2 is 1.00 bits per heavy atom. The van der Waals surface area contributed by atoms with Gasteiger partial charge in [-0.25, -0.2) is 8.78 Å². The van der Waals surface area contributed by atoms with E-state index in [2.05, 4.69) is 67.8 Å². The molecule has 0 radical (unpaired) electrons. The van der Waals surface area contributed by atoms with E-state index in [1.165, 1.54) is 17.7 Å². The molecule has 0 saturated heterocycles. The van der Waals surface area contributed by atoms with Crippen LogP contribution in [0.4, 0.5) is 31.5 Å². The predicted molar refractivity (Wildman–Crippen MR) is 148 cm³/mol. The van der Waals surface area contributed by atoms with Gasteiger partial charge in [0.2, 0.25) is 0 Å². The fraction of sp³-hybridized carbons (Fsp3) is 0.125. The van der Waals surface area contributed by atoms with Crippen molar-refractivity contribution in [2.75, 3.05) is 10.6 Å². The van der Waals surface area contributed by atoms with Crippen molar-refractivity contribution < 1.29 is 8.78 Å². The molecule has 4 heteroatoms. The fourth-order valence-corrected chi connectivity index (χ4v) is 4.97. The Kier molecular flexibility index (Phi) is 5.08. The number of hydrogen-bond acceptors (Lipinski definition) is 2. The van der Waals surface area contributed by atoms with Crippen LogP contribution in [0.5, 0.6) is 0 Å². The molecule has 0 heterocycles. The third-order valence-corrected chi connectivity index (χ3v) is 6.87. The van der Waals surface area contributed by atoms with Crippen LogP contribution in [0.25, 0.3) is 32.3 Å². The summed E-state index contributed by atoms with van der Waals surface area (Å²) < 4.78 is 29.2. The van der Waals surface area contributed by atoms with E-state index in [4.69, 9.17) is 0 Å². The van der Waals surface area contributed by atoms with Crippen LogP contribution in [-0.2, 0) is 5.41 Å². The Morgan fingerprint density at radius 3 is 1.44 bits per heavy atom. The summed E-state index contributed by atoms with van der Waals surface area (Å²) in [5.74, 6) is -0.664. The average molecular weight is 477 g/mol. The second-order valence-electron chi connectivity index (χ2n) is 10.3. The highest BCUT2D eigenvalue weighted by Gasteiger charge is 2.20. The van der Waals surface area contributed by atoms with E-state index >= 15 is 0 Å². The summed E-state index contributed by atoms with van der Waals surface area (Å²) in [5, 5.41) is 13.1. The molecule has 0 aliphatic heterocycles. The number of nitrogens with one attached hydrogen (secondary N) is 2. The third-order valence-electron chi connectivity index (χ3n) is 6.87. The molecule has 36 heavy (non-hydrogen) atoms. The summed E-state index contributed by atoms with van der Waals surface area (Å²) in [6, 6.07) is 28.1. The molecule has 0 bridgehead atoms. The summed E-state index contributed by atoms with van der Waals surface area (Å²) >= 11 is 0. The summed E-state index contributed by atoms with van der Waals surface area (Å²) in [5.41, 5.74) is 3.56. The molecule has 6 aromatic carbocycles. The van der Waals surface area contributed by atoms with Crippen molar-refractivity contribution in [3.05, 3.63) is 108 Å². The molecule has 0 aliphatic carbocycles. The molecule has 0 aromatic heterocycles. The first-order valence-electron chi connectivity index (χ1n) is 12.1. The molecule has 6 aromatic rings. The Balaban J connectivity index is 1.66. The highest BCUT2D eigenvalue weighted by Crippen LogP contribution is 2.44. The monoisotopic (exact) mass is 476 g/mol. The quantitative estimate of drug-likeness (QED) is 0.248. The molecule has 0 unspecified atom stereocenters. The highest BCUT2D eigenvalue weighted by molar-refractivity contribution is 6.28.